The van der Waals surface area contributed by atoms with Gasteiger partial charge in [-0.15, -0.1) is 0 Å². The van der Waals surface area contributed by atoms with Gasteiger partial charge in [-0.3, -0.25) is 0 Å². The normalized spacial score (nSPS) is 14.8. The maximum atomic E-state index is 6.23. The molecule has 1 heteroatoms. The lowest BCUT2D eigenvalue weighted by molar-refractivity contribution is 0.325. The zero-order valence-electron chi connectivity index (χ0n) is 14.1. The molecule has 116 valence electrons. The molecular weight excluding hydrogens is 230 g/mol. The van der Waals surface area contributed by atoms with Crippen molar-refractivity contribution >= 4 is 0 Å². The Kier molecular flexibility index (Phi) is 12.9. The summed E-state index contributed by atoms with van der Waals surface area (Å²) in [6.45, 7) is 9.14. The summed E-state index contributed by atoms with van der Waals surface area (Å²) < 4.78 is 0. The molecule has 0 spiro atoms. The van der Waals surface area contributed by atoms with Gasteiger partial charge in [0.15, 0.2) is 0 Å². The van der Waals surface area contributed by atoms with Crippen LogP contribution in [0.5, 0.6) is 0 Å². The average Bonchev–Trinajstić information content (AvgIpc) is 2.39. The van der Waals surface area contributed by atoms with Crippen molar-refractivity contribution < 1.29 is 0 Å². The molecule has 0 bridgehead atoms. The zero-order chi connectivity index (χ0) is 14.5. The number of unbranched alkanes of at least 4 members (excludes halogenated alkanes) is 9. The second-order valence-electron chi connectivity index (χ2n) is 6.74. The topological polar surface area (TPSA) is 26.0 Å². The first-order chi connectivity index (χ1) is 9.09. The van der Waals surface area contributed by atoms with Crippen molar-refractivity contribution in [1.29, 1.82) is 0 Å². The third-order valence-electron chi connectivity index (χ3n) is 4.62. The van der Waals surface area contributed by atoms with Crippen LogP contribution in [0.3, 0.4) is 0 Å². The minimum atomic E-state index is 0.411. The molecule has 2 atom stereocenters. The Hall–Kier alpha value is -0.0400. The third kappa shape index (κ3) is 11.5. The first-order valence-corrected chi connectivity index (χ1v) is 8.85. The monoisotopic (exact) mass is 269 g/mol. The molecule has 0 fully saturated rings. The van der Waals surface area contributed by atoms with Crippen molar-refractivity contribution in [3.63, 3.8) is 0 Å². The highest BCUT2D eigenvalue weighted by Crippen LogP contribution is 2.18. The molecule has 0 aliphatic heterocycles. The Balaban J connectivity index is 3.22. The highest BCUT2D eigenvalue weighted by molar-refractivity contribution is 4.71. The van der Waals surface area contributed by atoms with Gasteiger partial charge in [0, 0.05) is 6.04 Å². The number of rotatable bonds is 13. The van der Waals surface area contributed by atoms with Crippen LogP contribution in [0.1, 0.15) is 98.3 Å². The van der Waals surface area contributed by atoms with Gasteiger partial charge < -0.3 is 5.73 Å². The van der Waals surface area contributed by atoms with Crippen LogP contribution in [0.25, 0.3) is 0 Å². The van der Waals surface area contributed by atoms with E-state index in [9.17, 15) is 0 Å². The average molecular weight is 270 g/mol. The van der Waals surface area contributed by atoms with Crippen LogP contribution in [-0.4, -0.2) is 6.04 Å². The second kappa shape index (κ2) is 13.0. The maximum Gasteiger partial charge on any atom is 0.00669 e. The molecule has 0 radical (unpaired) electrons. The third-order valence-corrected chi connectivity index (χ3v) is 4.62. The largest absolute Gasteiger partial charge is 0.327 e. The molecule has 2 N–H and O–H groups in total. The Morgan fingerprint density at radius 3 is 1.53 bits per heavy atom. The summed E-state index contributed by atoms with van der Waals surface area (Å²) in [5, 5.41) is 0. The van der Waals surface area contributed by atoms with Crippen molar-refractivity contribution in [2.75, 3.05) is 0 Å². The van der Waals surface area contributed by atoms with Gasteiger partial charge in [-0.25, -0.2) is 0 Å². The summed E-state index contributed by atoms with van der Waals surface area (Å²) in [7, 11) is 0. The summed E-state index contributed by atoms with van der Waals surface area (Å²) in [6.07, 6.45) is 15.3. The quantitative estimate of drug-likeness (QED) is 0.413. The smallest absolute Gasteiger partial charge is 0.00669 e. The first-order valence-electron chi connectivity index (χ1n) is 8.85. The standard InChI is InChI=1S/C18H39N/c1-5-6-7-8-9-10-11-12-13-14-15-18(19)17(4)16(2)3/h16-18H,5-15,19H2,1-4H3. The van der Waals surface area contributed by atoms with E-state index < -0.39 is 0 Å². The Bertz CT molecular complexity index is 177. The first kappa shape index (κ1) is 19.0. The minimum absolute atomic E-state index is 0.411. The highest BCUT2D eigenvalue weighted by atomic mass is 14.6. The van der Waals surface area contributed by atoms with Crippen LogP contribution >= 0.6 is 0 Å². The molecule has 0 aromatic rings. The Morgan fingerprint density at radius 2 is 1.11 bits per heavy atom. The van der Waals surface area contributed by atoms with Gasteiger partial charge in [0.05, 0.1) is 0 Å². The predicted molar refractivity (Wildman–Crippen MR) is 88.4 cm³/mol. The number of hydrogen-bond donors (Lipinski definition) is 1. The lowest BCUT2D eigenvalue weighted by atomic mass is 9.88. The van der Waals surface area contributed by atoms with Crippen LogP contribution in [0.4, 0.5) is 0 Å². The van der Waals surface area contributed by atoms with Gasteiger partial charge in [-0.2, -0.15) is 0 Å². The molecule has 0 aromatic carbocycles. The predicted octanol–water partition coefficient (Wildman–Crippen LogP) is 5.92. The molecule has 0 saturated heterocycles. The van der Waals surface area contributed by atoms with E-state index in [-0.39, 0.29) is 0 Å². The van der Waals surface area contributed by atoms with E-state index in [2.05, 4.69) is 27.7 Å². The Morgan fingerprint density at radius 1 is 0.684 bits per heavy atom. The van der Waals surface area contributed by atoms with Crippen LogP contribution in [0, 0.1) is 11.8 Å². The van der Waals surface area contributed by atoms with Crippen LogP contribution in [0.15, 0.2) is 0 Å². The van der Waals surface area contributed by atoms with Gasteiger partial charge >= 0.3 is 0 Å². The van der Waals surface area contributed by atoms with Gasteiger partial charge in [0.25, 0.3) is 0 Å². The van der Waals surface area contributed by atoms with Gasteiger partial charge in [0.1, 0.15) is 0 Å². The molecule has 0 rings (SSSR count). The lowest BCUT2D eigenvalue weighted by Gasteiger charge is -2.23. The lowest BCUT2D eigenvalue weighted by Crippen LogP contribution is -2.31. The summed E-state index contributed by atoms with van der Waals surface area (Å²) in [5.74, 6) is 1.39. The molecule has 1 nitrogen and oxygen atoms in total. The van der Waals surface area contributed by atoms with Crippen molar-refractivity contribution in [3.8, 4) is 0 Å². The molecule has 0 aliphatic carbocycles. The summed E-state index contributed by atoms with van der Waals surface area (Å²) in [5.41, 5.74) is 6.23. The SMILES string of the molecule is CCCCCCCCCCCCC(N)C(C)C(C)C. The summed E-state index contributed by atoms with van der Waals surface area (Å²) >= 11 is 0. The highest BCUT2D eigenvalue weighted by Gasteiger charge is 2.15. The fourth-order valence-corrected chi connectivity index (χ4v) is 2.62. The number of hydrogen-bond acceptors (Lipinski definition) is 1. The van der Waals surface area contributed by atoms with Crippen molar-refractivity contribution in [1.82, 2.24) is 0 Å². The zero-order valence-corrected chi connectivity index (χ0v) is 14.1. The fourth-order valence-electron chi connectivity index (χ4n) is 2.62. The molecule has 0 aliphatic rings. The second-order valence-corrected chi connectivity index (χ2v) is 6.74. The molecule has 19 heavy (non-hydrogen) atoms. The maximum absolute atomic E-state index is 6.23. The van der Waals surface area contributed by atoms with Crippen molar-refractivity contribution in [3.05, 3.63) is 0 Å². The van der Waals surface area contributed by atoms with Crippen molar-refractivity contribution in [2.45, 2.75) is 104 Å². The van der Waals surface area contributed by atoms with E-state index in [1.807, 2.05) is 0 Å². The van der Waals surface area contributed by atoms with Crippen LogP contribution in [0.2, 0.25) is 0 Å². The Labute approximate surface area is 122 Å². The molecule has 0 saturated carbocycles. The fraction of sp³-hybridized carbons (Fsp3) is 1.00. The summed E-state index contributed by atoms with van der Waals surface area (Å²) in [6, 6.07) is 0.411. The molecule has 0 heterocycles. The molecule has 0 amide bonds. The van der Waals surface area contributed by atoms with E-state index in [1.54, 1.807) is 0 Å². The van der Waals surface area contributed by atoms with Crippen LogP contribution in [-0.2, 0) is 0 Å². The van der Waals surface area contributed by atoms with E-state index in [1.165, 1.54) is 70.6 Å². The van der Waals surface area contributed by atoms with E-state index in [0.717, 1.165) is 5.92 Å². The minimum Gasteiger partial charge on any atom is -0.327 e. The van der Waals surface area contributed by atoms with E-state index in [0.29, 0.717) is 12.0 Å². The van der Waals surface area contributed by atoms with Crippen molar-refractivity contribution in [2.24, 2.45) is 17.6 Å². The number of nitrogens with two attached hydrogens (primary N) is 1. The van der Waals surface area contributed by atoms with Gasteiger partial charge in [0.2, 0.25) is 0 Å². The van der Waals surface area contributed by atoms with Gasteiger partial charge in [-0.05, 0) is 18.3 Å². The molecular formula is C18H39N. The van der Waals surface area contributed by atoms with Crippen LogP contribution < -0.4 is 5.73 Å². The van der Waals surface area contributed by atoms with E-state index >= 15 is 0 Å². The summed E-state index contributed by atoms with van der Waals surface area (Å²) in [4.78, 5) is 0. The van der Waals surface area contributed by atoms with Gasteiger partial charge in [-0.1, -0.05) is 91.9 Å². The molecule has 2 unspecified atom stereocenters. The van der Waals surface area contributed by atoms with E-state index in [4.69, 9.17) is 5.73 Å². The molecule has 0 aromatic heterocycles.